The fraction of sp³-hybridized carbons (Fsp3) is 0.846. The maximum Gasteiger partial charge on any atom is 0.266 e. The number of hydrogen-bond donors (Lipinski definition) is 0. The molecule has 0 unspecified atom stereocenters. The van der Waals surface area contributed by atoms with E-state index in [4.69, 9.17) is 4.52 Å². The molecule has 18 heavy (non-hydrogen) atoms. The lowest BCUT2D eigenvalue weighted by molar-refractivity contribution is 0.230. The molecule has 1 saturated heterocycles. The monoisotopic (exact) mass is 252 g/mol. The zero-order valence-electron chi connectivity index (χ0n) is 11.7. The minimum atomic E-state index is 0.734. The van der Waals surface area contributed by atoms with Crippen LogP contribution in [0.25, 0.3) is 0 Å². The van der Waals surface area contributed by atoms with Crippen molar-refractivity contribution in [3.05, 3.63) is 5.89 Å². The number of hydrogen-bond acceptors (Lipinski definition) is 5. The van der Waals surface area contributed by atoms with E-state index >= 15 is 0 Å². The van der Waals surface area contributed by atoms with Crippen molar-refractivity contribution < 1.29 is 4.52 Å². The predicted molar refractivity (Wildman–Crippen MR) is 71.8 cm³/mol. The molecule has 0 spiro atoms. The van der Waals surface area contributed by atoms with Crippen molar-refractivity contribution in [1.29, 1.82) is 0 Å². The maximum absolute atomic E-state index is 5.23. The topological polar surface area (TPSA) is 45.4 Å². The van der Waals surface area contributed by atoms with Gasteiger partial charge in [-0.05, 0) is 17.5 Å². The lowest BCUT2D eigenvalue weighted by Crippen LogP contribution is -2.47. The van der Waals surface area contributed by atoms with Crippen molar-refractivity contribution in [2.45, 2.75) is 33.6 Å². The second kappa shape index (κ2) is 6.18. The van der Waals surface area contributed by atoms with E-state index in [-0.39, 0.29) is 0 Å². The van der Waals surface area contributed by atoms with Crippen LogP contribution in [0, 0.1) is 5.92 Å². The Hall–Kier alpha value is -1.10. The zero-order chi connectivity index (χ0) is 13.0. The van der Waals surface area contributed by atoms with Crippen LogP contribution >= 0.6 is 0 Å². The van der Waals surface area contributed by atoms with Gasteiger partial charge in [0.1, 0.15) is 0 Å². The highest BCUT2D eigenvalue weighted by molar-refractivity contribution is 5.28. The van der Waals surface area contributed by atoms with Gasteiger partial charge in [-0.25, -0.2) is 0 Å². The van der Waals surface area contributed by atoms with E-state index in [1.54, 1.807) is 0 Å². The number of aryl methyl sites for hydroxylation is 1. The van der Waals surface area contributed by atoms with Crippen molar-refractivity contribution in [3.63, 3.8) is 0 Å². The lowest BCUT2D eigenvalue weighted by atomic mass is 10.2. The largest absolute Gasteiger partial charge is 0.337 e. The van der Waals surface area contributed by atoms with Gasteiger partial charge in [0, 0.05) is 39.1 Å². The van der Waals surface area contributed by atoms with Gasteiger partial charge in [0.2, 0.25) is 5.89 Å². The molecular formula is C13H24N4O. The molecule has 2 rings (SSSR count). The third-order valence-corrected chi connectivity index (χ3v) is 3.20. The highest BCUT2D eigenvalue weighted by atomic mass is 16.5. The lowest BCUT2D eigenvalue weighted by Gasteiger charge is -2.34. The third kappa shape index (κ3) is 3.45. The Morgan fingerprint density at radius 3 is 2.56 bits per heavy atom. The first-order chi connectivity index (χ1) is 8.69. The number of rotatable bonds is 5. The molecule has 0 N–H and O–H groups in total. The van der Waals surface area contributed by atoms with Crippen LogP contribution in [0.2, 0.25) is 0 Å². The summed E-state index contributed by atoms with van der Waals surface area (Å²) in [7, 11) is 0. The minimum Gasteiger partial charge on any atom is -0.337 e. The van der Waals surface area contributed by atoms with Crippen LogP contribution in [-0.2, 0) is 6.42 Å². The molecular weight excluding hydrogens is 228 g/mol. The molecule has 0 aliphatic carbocycles. The van der Waals surface area contributed by atoms with Crippen LogP contribution in [-0.4, -0.2) is 47.8 Å². The molecule has 0 amide bonds. The van der Waals surface area contributed by atoms with Gasteiger partial charge in [-0.1, -0.05) is 20.8 Å². The van der Waals surface area contributed by atoms with Gasteiger partial charge in [-0.3, -0.25) is 4.90 Å². The van der Waals surface area contributed by atoms with Gasteiger partial charge in [-0.15, -0.1) is 0 Å². The molecule has 102 valence electrons. The molecule has 5 nitrogen and oxygen atoms in total. The first-order valence-corrected chi connectivity index (χ1v) is 6.99. The molecule has 0 atom stereocenters. The summed E-state index contributed by atoms with van der Waals surface area (Å²) >= 11 is 0. The molecule has 1 aromatic heterocycles. The van der Waals surface area contributed by atoms with E-state index in [0.717, 1.165) is 56.8 Å². The quantitative estimate of drug-likeness (QED) is 0.799. The first-order valence-electron chi connectivity index (χ1n) is 6.99. The van der Waals surface area contributed by atoms with E-state index in [2.05, 4.69) is 40.7 Å². The SMILES string of the molecule is CCCc1nc(N2CCN(CC(C)C)CC2)no1. The molecule has 0 bridgehead atoms. The Morgan fingerprint density at radius 1 is 1.22 bits per heavy atom. The smallest absolute Gasteiger partial charge is 0.266 e. The average molecular weight is 252 g/mol. The summed E-state index contributed by atoms with van der Waals surface area (Å²) in [5, 5.41) is 4.07. The van der Waals surface area contributed by atoms with Crippen LogP contribution in [0.1, 0.15) is 33.1 Å². The Kier molecular flexibility index (Phi) is 4.58. The average Bonchev–Trinajstić information content (AvgIpc) is 2.78. The standard InChI is InChI=1S/C13H24N4O/c1-4-5-12-14-13(15-18-12)17-8-6-16(7-9-17)10-11(2)3/h11H,4-10H2,1-3H3. The van der Waals surface area contributed by atoms with Crippen LogP contribution < -0.4 is 4.90 Å². The van der Waals surface area contributed by atoms with Crippen LogP contribution in [0.4, 0.5) is 5.95 Å². The van der Waals surface area contributed by atoms with E-state index in [0.29, 0.717) is 0 Å². The summed E-state index contributed by atoms with van der Waals surface area (Å²) in [5.41, 5.74) is 0. The van der Waals surface area contributed by atoms with Gasteiger partial charge >= 0.3 is 0 Å². The van der Waals surface area contributed by atoms with Gasteiger partial charge < -0.3 is 9.42 Å². The normalized spacial score (nSPS) is 17.7. The van der Waals surface area contributed by atoms with Crippen LogP contribution in [0.3, 0.4) is 0 Å². The summed E-state index contributed by atoms with van der Waals surface area (Å²) in [6.45, 7) is 12.0. The Balaban J connectivity index is 1.84. The Bertz CT molecular complexity index is 356. The number of aromatic nitrogens is 2. The second-order valence-electron chi connectivity index (χ2n) is 5.42. The van der Waals surface area contributed by atoms with E-state index in [1.165, 1.54) is 6.54 Å². The van der Waals surface area contributed by atoms with Crippen molar-refractivity contribution in [1.82, 2.24) is 15.0 Å². The minimum absolute atomic E-state index is 0.734. The van der Waals surface area contributed by atoms with Crippen molar-refractivity contribution in [2.24, 2.45) is 5.92 Å². The molecule has 5 heteroatoms. The van der Waals surface area contributed by atoms with Crippen molar-refractivity contribution in [3.8, 4) is 0 Å². The molecule has 0 aromatic carbocycles. The first kappa shape index (κ1) is 13.3. The Labute approximate surface area is 109 Å². The predicted octanol–water partition coefficient (Wildman–Crippen LogP) is 1.80. The van der Waals surface area contributed by atoms with Crippen molar-refractivity contribution in [2.75, 3.05) is 37.6 Å². The van der Waals surface area contributed by atoms with E-state index in [1.807, 2.05) is 0 Å². The summed E-state index contributed by atoms with van der Waals surface area (Å²) in [6, 6.07) is 0. The van der Waals surface area contributed by atoms with Crippen molar-refractivity contribution >= 4 is 5.95 Å². The number of piperazine rings is 1. The highest BCUT2D eigenvalue weighted by Crippen LogP contribution is 2.13. The number of anilines is 1. The van der Waals surface area contributed by atoms with Gasteiger partial charge in [0.05, 0.1) is 0 Å². The molecule has 2 heterocycles. The molecule has 1 fully saturated rings. The fourth-order valence-corrected chi connectivity index (χ4v) is 2.34. The molecule has 1 aliphatic rings. The second-order valence-corrected chi connectivity index (χ2v) is 5.42. The highest BCUT2D eigenvalue weighted by Gasteiger charge is 2.21. The molecule has 0 saturated carbocycles. The summed E-state index contributed by atoms with van der Waals surface area (Å²) in [6.07, 6.45) is 1.92. The van der Waals surface area contributed by atoms with Gasteiger partial charge in [-0.2, -0.15) is 4.98 Å². The van der Waals surface area contributed by atoms with E-state index in [9.17, 15) is 0 Å². The maximum atomic E-state index is 5.23. The third-order valence-electron chi connectivity index (χ3n) is 3.20. The van der Waals surface area contributed by atoms with Crippen LogP contribution in [0.5, 0.6) is 0 Å². The fourth-order valence-electron chi connectivity index (χ4n) is 2.34. The summed E-state index contributed by atoms with van der Waals surface area (Å²) in [4.78, 5) is 9.17. The Morgan fingerprint density at radius 2 is 1.94 bits per heavy atom. The number of nitrogens with zero attached hydrogens (tertiary/aromatic N) is 4. The van der Waals surface area contributed by atoms with Crippen LogP contribution in [0.15, 0.2) is 4.52 Å². The van der Waals surface area contributed by atoms with E-state index < -0.39 is 0 Å². The summed E-state index contributed by atoms with van der Waals surface area (Å²) in [5.74, 6) is 2.26. The summed E-state index contributed by atoms with van der Waals surface area (Å²) < 4.78 is 5.23. The molecule has 0 radical (unpaired) electrons. The van der Waals surface area contributed by atoms with Gasteiger partial charge in [0.15, 0.2) is 0 Å². The zero-order valence-corrected chi connectivity index (χ0v) is 11.7. The molecule has 1 aliphatic heterocycles. The van der Waals surface area contributed by atoms with Gasteiger partial charge in [0.25, 0.3) is 5.95 Å². The molecule has 1 aromatic rings.